The number of hydrogen-bond acceptors (Lipinski definition) is 3. The summed E-state index contributed by atoms with van der Waals surface area (Å²) in [5, 5.41) is 0.280. The highest BCUT2D eigenvalue weighted by atomic mass is 79.9. The maximum absolute atomic E-state index is 6.42. The summed E-state index contributed by atoms with van der Waals surface area (Å²) in [7, 11) is -0.00427. The third-order valence-corrected chi connectivity index (χ3v) is 11.2. The summed E-state index contributed by atoms with van der Waals surface area (Å²) in [6.07, 6.45) is 4.71. The van der Waals surface area contributed by atoms with Gasteiger partial charge in [0.25, 0.3) is 0 Å². The lowest BCUT2D eigenvalue weighted by Crippen LogP contribution is -2.42. The summed E-state index contributed by atoms with van der Waals surface area (Å²) in [6, 6.07) is 3.77. The van der Waals surface area contributed by atoms with Crippen molar-refractivity contribution in [2.75, 3.05) is 19.5 Å². The van der Waals surface area contributed by atoms with E-state index >= 15 is 0 Å². The van der Waals surface area contributed by atoms with Crippen LogP contribution < -0.4 is 10.5 Å². The number of nitrogen functional groups attached to an aromatic ring is 1. The lowest BCUT2D eigenvalue weighted by atomic mass is 9.83. The van der Waals surface area contributed by atoms with Crippen molar-refractivity contribution in [3.05, 3.63) is 22.2 Å². The van der Waals surface area contributed by atoms with E-state index in [1.165, 1.54) is 12.8 Å². The van der Waals surface area contributed by atoms with Gasteiger partial charge in [0.2, 0.25) is 0 Å². The number of hydrogen-bond donors (Lipinski definition) is 1. The molecule has 1 aliphatic carbocycles. The molecular weight excluding hydrogens is 418 g/mol. The molecule has 150 valence electrons. The molecule has 0 spiro atoms. The molecule has 2 rings (SSSR count). The molecule has 1 aromatic rings. The van der Waals surface area contributed by atoms with Crippen LogP contribution in [0.25, 0.3) is 0 Å². The summed E-state index contributed by atoms with van der Waals surface area (Å²) in [5.74, 6) is 8.59. The van der Waals surface area contributed by atoms with Gasteiger partial charge in [-0.3, -0.25) is 0 Å². The van der Waals surface area contributed by atoms with E-state index in [1.807, 2.05) is 12.1 Å². The summed E-state index contributed by atoms with van der Waals surface area (Å²) in [6.45, 7) is 12.5. The fourth-order valence-corrected chi connectivity index (χ4v) is 4.62. The van der Waals surface area contributed by atoms with Gasteiger partial charge in [0, 0.05) is 24.2 Å². The SMILES string of the molecule is COc1cc(N)c(C#C[C@H]2CC[C@H](CO[Si](C)(C)C(C)(C)C)CC2)cc1Br. The summed E-state index contributed by atoms with van der Waals surface area (Å²) >= 11 is 3.50. The number of ether oxygens (including phenoxy) is 1. The highest BCUT2D eigenvalue weighted by Crippen LogP contribution is 2.38. The minimum atomic E-state index is -1.64. The van der Waals surface area contributed by atoms with Gasteiger partial charge in [-0.25, -0.2) is 0 Å². The summed E-state index contributed by atoms with van der Waals surface area (Å²) < 4.78 is 12.6. The number of anilines is 1. The molecule has 0 atom stereocenters. The van der Waals surface area contributed by atoms with Gasteiger partial charge in [0.15, 0.2) is 8.32 Å². The van der Waals surface area contributed by atoms with Crippen LogP contribution >= 0.6 is 15.9 Å². The van der Waals surface area contributed by atoms with Crippen LogP contribution in [0.5, 0.6) is 5.75 Å². The Bertz CT molecular complexity index is 707. The van der Waals surface area contributed by atoms with E-state index in [0.717, 1.165) is 35.2 Å². The number of rotatable bonds is 4. The molecule has 1 saturated carbocycles. The average molecular weight is 453 g/mol. The Labute approximate surface area is 174 Å². The van der Waals surface area contributed by atoms with Crippen molar-refractivity contribution in [2.24, 2.45) is 11.8 Å². The van der Waals surface area contributed by atoms with E-state index in [9.17, 15) is 0 Å². The van der Waals surface area contributed by atoms with Crippen molar-refractivity contribution in [3.8, 4) is 17.6 Å². The normalized spacial score (nSPS) is 20.7. The van der Waals surface area contributed by atoms with E-state index in [2.05, 4.69) is 61.6 Å². The predicted molar refractivity (Wildman–Crippen MR) is 121 cm³/mol. The molecule has 0 aliphatic heterocycles. The second-order valence-electron chi connectivity index (χ2n) is 9.13. The largest absolute Gasteiger partial charge is 0.495 e. The fourth-order valence-electron chi connectivity index (χ4n) is 3.03. The third kappa shape index (κ3) is 6.01. The van der Waals surface area contributed by atoms with E-state index in [-0.39, 0.29) is 5.04 Å². The topological polar surface area (TPSA) is 44.5 Å². The molecule has 2 N–H and O–H groups in total. The van der Waals surface area contributed by atoms with Crippen LogP contribution in [0.4, 0.5) is 5.69 Å². The zero-order valence-corrected chi connectivity index (χ0v) is 20.2. The van der Waals surface area contributed by atoms with Crippen LogP contribution in [0.15, 0.2) is 16.6 Å². The van der Waals surface area contributed by atoms with Crippen molar-refractivity contribution in [2.45, 2.75) is 64.6 Å². The molecular formula is C22H34BrNO2Si. The Morgan fingerprint density at radius 3 is 2.37 bits per heavy atom. The van der Waals surface area contributed by atoms with Gasteiger partial charge in [-0.15, -0.1) is 0 Å². The van der Waals surface area contributed by atoms with Gasteiger partial charge in [0.05, 0.1) is 17.3 Å². The van der Waals surface area contributed by atoms with E-state index in [4.69, 9.17) is 14.9 Å². The highest BCUT2D eigenvalue weighted by Gasteiger charge is 2.37. The predicted octanol–water partition coefficient (Wildman–Crippen LogP) is 6.22. The first-order valence-corrected chi connectivity index (χ1v) is 13.5. The third-order valence-electron chi connectivity index (χ3n) is 6.07. The average Bonchev–Trinajstić information content (AvgIpc) is 2.60. The first-order chi connectivity index (χ1) is 12.5. The van der Waals surface area contributed by atoms with Crippen molar-refractivity contribution >= 4 is 29.9 Å². The van der Waals surface area contributed by atoms with Crippen molar-refractivity contribution in [1.29, 1.82) is 0 Å². The zero-order valence-electron chi connectivity index (χ0n) is 17.6. The van der Waals surface area contributed by atoms with Crippen LogP contribution in [0.1, 0.15) is 52.0 Å². The lowest BCUT2D eigenvalue weighted by molar-refractivity contribution is 0.183. The minimum Gasteiger partial charge on any atom is -0.495 e. The van der Waals surface area contributed by atoms with Crippen LogP contribution in [0.3, 0.4) is 0 Å². The molecule has 3 nitrogen and oxygen atoms in total. The Kier molecular flexibility index (Phi) is 7.46. The quantitative estimate of drug-likeness (QED) is 0.335. The molecule has 0 amide bonds. The fraction of sp³-hybridized carbons (Fsp3) is 0.636. The van der Waals surface area contributed by atoms with Gasteiger partial charge >= 0.3 is 0 Å². The second kappa shape index (κ2) is 9.02. The van der Waals surface area contributed by atoms with Crippen LogP contribution in [-0.2, 0) is 4.43 Å². The van der Waals surface area contributed by atoms with E-state index in [1.54, 1.807) is 7.11 Å². The molecule has 0 bridgehead atoms. The maximum atomic E-state index is 6.42. The Morgan fingerprint density at radius 2 is 1.81 bits per heavy atom. The molecule has 0 heterocycles. The molecule has 27 heavy (non-hydrogen) atoms. The zero-order chi connectivity index (χ0) is 20.2. The molecule has 0 saturated heterocycles. The molecule has 1 aliphatic rings. The van der Waals surface area contributed by atoms with Crippen molar-refractivity contribution in [1.82, 2.24) is 0 Å². The van der Waals surface area contributed by atoms with E-state index in [0.29, 0.717) is 17.5 Å². The summed E-state index contributed by atoms with van der Waals surface area (Å²) in [4.78, 5) is 0. The van der Waals surface area contributed by atoms with Gasteiger partial charge in [-0.05, 0) is 71.7 Å². The highest BCUT2D eigenvalue weighted by molar-refractivity contribution is 9.10. The first-order valence-electron chi connectivity index (χ1n) is 9.82. The smallest absolute Gasteiger partial charge is 0.191 e. The molecule has 5 heteroatoms. The molecule has 1 fully saturated rings. The Hall–Kier alpha value is -0.963. The monoisotopic (exact) mass is 451 g/mol. The van der Waals surface area contributed by atoms with Crippen LogP contribution in [0, 0.1) is 23.7 Å². The van der Waals surface area contributed by atoms with E-state index < -0.39 is 8.32 Å². The molecule has 0 aromatic heterocycles. The van der Waals surface area contributed by atoms with Gasteiger partial charge in [0.1, 0.15) is 5.75 Å². The second-order valence-corrected chi connectivity index (χ2v) is 14.8. The van der Waals surface area contributed by atoms with Crippen molar-refractivity contribution < 1.29 is 9.16 Å². The Morgan fingerprint density at radius 1 is 1.19 bits per heavy atom. The summed E-state index contributed by atoms with van der Waals surface area (Å²) in [5.41, 5.74) is 7.64. The number of methoxy groups -OCH3 is 1. The maximum Gasteiger partial charge on any atom is 0.191 e. The standard InChI is InChI=1S/C22H34BrNO2Si/c1-22(2,3)27(5,6)26-15-17-9-7-16(8-10-17)11-12-18-13-19(23)21(25-4)14-20(18)24/h13-14,16-17H,7-10,15,24H2,1-6H3/t16-,17-. The van der Waals surface area contributed by atoms with Gasteiger partial charge in [-0.2, -0.15) is 0 Å². The van der Waals surface area contributed by atoms with Gasteiger partial charge in [-0.1, -0.05) is 32.6 Å². The van der Waals surface area contributed by atoms with Crippen molar-refractivity contribution in [3.63, 3.8) is 0 Å². The Balaban J connectivity index is 1.89. The first kappa shape index (κ1) is 22.3. The number of halogens is 1. The molecule has 0 radical (unpaired) electrons. The lowest BCUT2D eigenvalue weighted by Gasteiger charge is -2.38. The van der Waals surface area contributed by atoms with Gasteiger partial charge < -0.3 is 14.9 Å². The van der Waals surface area contributed by atoms with Crippen LogP contribution in [-0.4, -0.2) is 22.0 Å². The molecule has 0 unspecified atom stereocenters. The molecule has 1 aromatic carbocycles. The minimum absolute atomic E-state index is 0.280. The number of nitrogens with two attached hydrogens (primary N) is 1. The van der Waals surface area contributed by atoms with Crippen LogP contribution in [0.2, 0.25) is 18.1 Å². The number of benzene rings is 1.